The normalized spacial score (nSPS) is 10.2. The van der Waals surface area contributed by atoms with Crippen LogP contribution >= 0.6 is 0 Å². The summed E-state index contributed by atoms with van der Waals surface area (Å²) in [5.41, 5.74) is 3.03. The SMILES string of the molecule is O=[N+]([O-])c1ccc(C#Cc2ccc3cc4ccccc4c(C#Cc4ccc([N+](=O)[O-])cc4)c3c2)cc1. The molecule has 36 heavy (non-hydrogen) atoms. The lowest BCUT2D eigenvalue weighted by Gasteiger charge is -2.07. The zero-order valence-electron chi connectivity index (χ0n) is 18.8. The molecule has 0 radical (unpaired) electrons. The molecule has 0 aromatic heterocycles. The Morgan fingerprint density at radius 1 is 0.500 bits per heavy atom. The van der Waals surface area contributed by atoms with Gasteiger partial charge < -0.3 is 0 Å². The largest absolute Gasteiger partial charge is 0.269 e. The first-order valence-corrected chi connectivity index (χ1v) is 11.0. The quantitative estimate of drug-likeness (QED) is 0.126. The molecule has 0 spiro atoms. The van der Waals surface area contributed by atoms with E-state index in [0.717, 1.165) is 32.7 Å². The van der Waals surface area contributed by atoms with Crippen LogP contribution < -0.4 is 0 Å². The van der Waals surface area contributed by atoms with Crippen molar-refractivity contribution < 1.29 is 9.85 Å². The standard InChI is InChI=1S/C30H16N2O4/c33-31(34)26-14-8-21(9-15-26)5-6-23-7-13-25-20-24-3-1-2-4-28(24)29(30(25)19-23)18-12-22-10-16-27(17-11-22)32(35)36/h1-4,7-11,13-17,19-20H. The number of nitro benzene ring substituents is 2. The smallest absolute Gasteiger partial charge is 0.258 e. The Kier molecular flexibility index (Phi) is 5.85. The van der Waals surface area contributed by atoms with E-state index in [-0.39, 0.29) is 11.4 Å². The molecular formula is C30H16N2O4. The zero-order valence-corrected chi connectivity index (χ0v) is 18.8. The number of benzene rings is 5. The van der Waals surface area contributed by atoms with Gasteiger partial charge in [-0.15, -0.1) is 0 Å². The van der Waals surface area contributed by atoms with E-state index in [2.05, 4.69) is 29.7 Å². The number of fused-ring (bicyclic) bond motifs is 2. The van der Waals surface area contributed by atoms with Crippen LogP contribution in [-0.2, 0) is 0 Å². The molecule has 0 saturated heterocycles. The Hall–Kier alpha value is -5.46. The summed E-state index contributed by atoms with van der Waals surface area (Å²) < 4.78 is 0. The summed E-state index contributed by atoms with van der Waals surface area (Å²) in [5, 5.41) is 25.8. The fourth-order valence-corrected chi connectivity index (χ4v) is 3.89. The molecule has 0 aliphatic heterocycles. The van der Waals surface area contributed by atoms with Gasteiger partial charge in [0, 0.05) is 46.5 Å². The van der Waals surface area contributed by atoms with Crippen LogP contribution in [0.3, 0.4) is 0 Å². The molecule has 0 saturated carbocycles. The van der Waals surface area contributed by atoms with E-state index >= 15 is 0 Å². The molecule has 0 unspecified atom stereocenters. The third kappa shape index (κ3) is 4.61. The molecule has 0 N–H and O–H groups in total. The lowest BCUT2D eigenvalue weighted by atomic mass is 9.95. The molecule has 6 heteroatoms. The first-order valence-electron chi connectivity index (χ1n) is 11.0. The van der Waals surface area contributed by atoms with E-state index in [1.165, 1.54) is 24.3 Å². The maximum atomic E-state index is 10.9. The third-order valence-corrected chi connectivity index (χ3v) is 5.70. The van der Waals surface area contributed by atoms with Crippen molar-refractivity contribution in [3.8, 4) is 23.7 Å². The maximum absolute atomic E-state index is 10.9. The number of nitrogens with zero attached hydrogens (tertiary/aromatic N) is 2. The van der Waals surface area contributed by atoms with Crippen LogP contribution in [-0.4, -0.2) is 9.85 Å². The van der Waals surface area contributed by atoms with Gasteiger partial charge in [0.05, 0.1) is 9.85 Å². The van der Waals surface area contributed by atoms with Crippen LogP contribution in [0.2, 0.25) is 0 Å². The van der Waals surface area contributed by atoms with Gasteiger partial charge in [0.2, 0.25) is 0 Å². The van der Waals surface area contributed by atoms with Gasteiger partial charge in [-0.05, 0) is 64.0 Å². The van der Waals surface area contributed by atoms with Gasteiger partial charge in [0.25, 0.3) is 11.4 Å². The average molecular weight is 468 g/mol. The molecule has 5 rings (SSSR count). The maximum Gasteiger partial charge on any atom is 0.269 e. The molecule has 0 bridgehead atoms. The van der Waals surface area contributed by atoms with E-state index in [1.54, 1.807) is 24.3 Å². The van der Waals surface area contributed by atoms with Crippen molar-refractivity contribution >= 4 is 32.9 Å². The Bertz CT molecular complexity index is 1780. The number of hydrogen-bond acceptors (Lipinski definition) is 4. The fourth-order valence-electron chi connectivity index (χ4n) is 3.89. The highest BCUT2D eigenvalue weighted by molar-refractivity contribution is 6.05. The van der Waals surface area contributed by atoms with Crippen molar-refractivity contribution in [3.63, 3.8) is 0 Å². The van der Waals surface area contributed by atoms with E-state index in [0.29, 0.717) is 11.1 Å². The third-order valence-electron chi connectivity index (χ3n) is 5.70. The monoisotopic (exact) mass is 468 g/mol. The van der Waals surface area contributed by atoms with Crippen LogP contribution in [0.4, 0.5) is 11.4 Å². The predicted octanol–water partition coefficient (Wildman–Crippen LogP) is 6.61. The first-order chi connectivity index (χ1) is 17.5. The molecule has 5 aromatic carbocycles. The minimum absolute atomic E-state index is 0.0207. The van der Waals surface area contributed by atoms with Crippen LogP contribution in [0, 0.1) is 43.9 Å². The highest BCUT2D eigenvalue weighted by Crippen LogP contribution is 2.29. The number of nitro groups is 2. The summed E-state index contributed by atoms with van der Waals surface area (Å²) in [5.74, 6) is 12.6. The topological polar surface area (TPSA) is 86.3 Å². The Morgan fingerprint density at radius 2 is 1.00 bits per heavy atom. The Labute approximate surface area is 206 Å². The number of hydrogen-bond donors (Lipinski definition) is 0. The summed E-state index contributed by atoms with van der Waals surface area (Å²) >= 11 is 0. The second kappa shape index (κ2) is 9.42. The first kappa shape index (κ1) is 22.3. The fraction of sp³-hybridized carbons (Fsp3) is 0. The molecule has 5 aromatic rings. The Balaban J connectivity index is 1.59. The molecule has 170 valence electrons. The summed E-state index contributed by atoms with van der Waals surface area (Å²) in [6.45, 7) is 0. The van der Waals surface area contributed by atoms with Gasteiger partial charge in [-0.25, -0.2) is 0 Å². The van der Waals surface area contributed by atoms with E-state index in [1.807, 2.05) is 42.5 Å². The average Bonchev–Trinajstić information content (AvgIpc) is 2.90. The van der Waals surface area contributed by atoms with Gasteiger partial charge in [0.1, 0.15) is 0 Å². The van der Waals surface area contributed by atoms with E-state index in [4.69, 9.17) is 0 Å². The van der Waals surface area contributed by atoms with Gasteiger partial charge in [0.15, 0.2) is 0 Å². The van der Waals surface area contributed by atoms with E-state index in [9.17, 15) is 20.2 Å². The molecule has 0 heterocycles. The van der Waals surface area contributed by atoms with Crippen molar-refractivity contribution in [2.24, 2.45) is 0 Å². The van der Waals surface area contributed by atoms with Crippen LogP contribution in [0.5, 0.6) is 0 Å². The number of non-ortho nitro benzene ring substituents is 2. The van der Waals surface area contributed by atoms with Gasteiger partial charge in [-0.1, -0.05) is 54.0 Å². The van der Waals surface area contributed by atoms with Crippen LogP contribution in [0.1, 0.15) is 22.3 Å². The molecule has 0 atom stereocenters. The minimum atomic E-state index is -0.440. The Morgan fingerprint density at radius 3 is 1.61 bits per heavy atom. The molecular weight excluding hydrogens is 452 g/mol. The lowest BCUT2D eigenvalue weighted by molar-refractivity contribution is -0.385. The highest BCUT2D eigenvalue weighted by Gasteiger charge is 2.08. The number of rotatable bonds is 2. The zero-order chi connectivity index (χ0) is 25.1. The van der Waals surface area contributed by atoms with Gasteiger partial charge >= 0.3 is 0 Å². The second-order valence-corrected chi connectivity index (χ2v) is 8.02. The van der Waals surface area contributed by atoms with Crippen molar-refractivity contribution in [2.45, 2.75) is 0 Å². The molecule has 0 amide bonds. The second-order valence-electron chi connectivity index (χ2n) is 8.02. The van der Waals surface area contributed by atoms with Crippen LogP contribution in [0.15, 0.2) is 97.1 Å². The summed E-state index contributed by atoms with van der Waals surface area (Å²) in [6.07, 6.45) is 0. The van der Waals surface area contributed by atoms with Gasteiger partial charge in [-0.3, -0.25) is 20.2 Å². The van der Waals surface area contributed by atoms with Crippen molar-refractivity contribution in [3.05, 3.63) is 140 Å². The van der Waals surface area contributed by atoms with Gasteiger partial charge in [-0.2, -0.15) is 0 Å². The minimum Gasteiger partial charge on any atom is -0.258 e. The predicted molar refractivity (Wildman–Crippen MR) is 140 cm³/mol. The van der Waals surface area contributed by atoms with Crippen LogP contribution in [0.25, 0.3) is 21.5 Å². The van der Waals surface area contributed by atoms with Crippen molar-refractivity contribution in [2.75, 3.05) is 0 Å². The summed E-state index contributed by atoms with van der Waals surface area (Å²) in [6, 6.07) is 28.3. The molecule has 6 nitrogen and oxygen atoms in total. The summed E-state index contributed by atoms with van der Waals surface area (Å²) in [7, 11) is 0. The van der Waals surface area contributed by atoms with E-state index < -0.39 is 9.85 Å². The van der Waals surface area contributed by atoms with Crippen molar-refractivity contribution in [1.82, 2.24) is 0 Å². The highest BCUT2D eigenvalue weighted by atomic mass is 16.6. The summed E-state index contributed by atoms with van der Waals surface area (Å²) in [4.78, 5) is 20.9. The van der Waals surface area contributed by atoms with Crippen molar-refractivity contribution in [1.29, 1.82) is 0 Å². The molecule has 0 fully saturated rings. The molecule has 0 aliphatic carbocycles. The lowest BCUT2D eigenvalue weighted by Crippen LogP contribution is -1.88. The molecule has 0 aliphatic rings.